The van der Waals surface area contributed by atoms with Crippen molar-refractivity contribution in [2.45, 2.75) is 33.7 Å². The summed E-state index contributed by atoms with van der Waals surface area (Å²) in [6.07, 6.45) is 1.17. The highest BCUT2D eigenvalue weighted by Crippen LogP contribution is 2.22. The molecule has 1 aliphatic rings. The number of hydrogen-bond acceptors (Lipinski definition) is 5. The lowest BCUT2D eigenvalue weighted by molar-refractivity contribution is -0.130. The van der Waals surface area contributed by atoms with Gasteiger partial charge in [0.25, 0.3) is 5.91 Å². The van der Waals surface area contributed by atoms with Crippen molar-refractivity contribution in [3.05, 3.63) is 28.6 Å². The summed E-state index contributed by atoms with van der Waals surface area (Å²) in [6, 6.07) is 6.24. The van der Waals surface area contributed by atoms with Crippen LogP contribution in [0.3, 0.4) is 0 Å². The first kappa shape index (κ1) is 23.0. The van der Waals surface area contributed by atoms with E-state index >= 15 is 0 Å². The Morgan fingerprint density at radius 1 is 1.23 bits per heavy atom. The van der Waals surface area contributed by atoms with Gasteiger partial charge in [-0.3, -0.25) is 9.59 Å². The first-order valence-electron chi connectivity index (χ1n) is 10.4. The Balaban J connectivity index is 1.64. The molecule has 0 N–H and O–H groups in total. The second-order valence-corrected chi connectivity index (χ2v) is 10.2. The maximum atomic E-state index is 12.5. The smallest absolute Gasteiger partial charge is 0.258 e. The van der Waals surface area contributed by atoms with E-state index in [2.05, 4.69) is 44.0 Å². The molecule has 0 aliphatic carbocycles. The number of aromatic nitrogens is 1. The van der Waals surface area contributed by atoms with E-state index < -0.39 is 0 Å². The number of thiazole rings is 1. The molecule has 1 saturated heterocycles. The van der Waals surface area contributed by atoms with Crippen LogP contribution in [-0.2, 0) is 20.9 Å². The van der Waals surface area contributed by atoms with E-state index in [-0.39, 0.29) is 17.6 Å². The molecule has 164 valence electrons. The van der Waals surface area contributed by atoms with Gasteiger partial charge in [0.15, 0.2) is 4.80 Å². The molecule has 2 unspecified atom stereocenters. The van der Waals surface area contributed by atoms with Gasteiger partial charge in [0.1, 0.15) is 0 Å². The second-order valence-electron chi connectivity index (χ2n) is 8.24. The number of aryl methyl sites for hydroxylation is 1. The van der Waals surface area contributed by atoms with Crippen LogP contribution in [0.15, 0.2) is 23.2 Å². The van der Waals surface area contributed by atoms with Crippen molar-refractivity contribution in [1.29, 1.82) is 0 Å². The Labute approximate surface area is 186 Å². The lowest BCUT2D eigenvalue weighted by atomic mass is 9.92. The van der Waals surface area contributed by atoms with Gasteiger partial charge in [-0.05, 0) is 42.9 Å². The standard InChI is InChI=1S/C22H31N3O3S2/c1-15-5-6-18-19(10-15)30-22(25(18)7-8-28-4)23-20(26)13-29-14-21(27)24-11-16(2)9-17(3)12-24/h5-6,10,16-17H,7-9,11-14H2,1-4H3. The normalized spacial score (nSPS) is 20.1. The van der Waals surface area contributed by atoms with E-state index in [1.165, 1.54) is 35.1 Å². The van der Waals surface area contributed by atoms with Crippen LogP contribution < -0.4 is 4.80 Å². The summed E-state index contributed by atoms with van der Waals surface area (Å²) in [5, 5.41) is 0. The largest absolute Gasteiger partial charge is 0.383 e. The van der Waals surface area contributed by atoms with E-state index in [4.69, 9.17) is 4.74 Å². The Kier molecular flexibility index (Phi) is 8.13. The Morgan fingerprint density at radius 2 is 1.97 bits per heavy atom. The Bertz CT molecular complexity index is 956. The number of rotatable bonds is 7. The molecular formula is C22H31N3O3S2. The summed E-state index contributed by atoms with van der Waals surface area (Å²) in [5.41, 5.74) is 2.24. The monoisotopic (exact) mass is 449 g/mol. The summed E-state index contributed by atoms with van der Waals surface area (Å²) in [4.78, 5) is 32.0. The fourth-order valence-corrected chi connectivity index (χ4v) is 5.86. The molecule has 2 atom stereocenters. The van der Waals surface area contributed by atoms with Crippen LogP contribution in [0, 0.1) is 18.8 Å². The van der Waals surface area contributed by atoms with Crippen molar-refractivity contribution in [3.8, 4) is 0 Å². The minimum absolute atomic E-state index is 0.124. The molecule has 2 heterocycles. The second kappa shape index (κ2) is 10.6. The zero-order chi connectivity index (χ0) is 21.7. The van der Waals surface area contributed by atoms with Crippen molar-refractivity contribution in [2.24, 2.45) is 16.8 Å². The van der Waals surface area contributed by atoms with Crippen molar-refractivity contribution >= 4 is 45.1 Å². The molecule has 1 aliphatic heterocycles. The molecular weight excluding hydrogens is 418 g/mol. The third-order valence-corrected chi connectivity index (χ3v) is 7.19. The number of benzene rings is 1. The maximum Gasteiger partial charge on any atom is 0.258 e. The minimum atomic E-state index is -0.206. The minimum Gasteiger partial charge on any atom is -0.383 e. The number of amides is 2. The van der Waals surface area contributed by atoms with Gasteiger partial charge in [-0.2, -0.15) is 4.99 Å². The third kappa shape index (κ3) is 5.95. The quantitative estimate of drug-likeness (QED) is 0.651. The maximum absolute atomic E-state index is 12.5. The van der Waals surface area contributed by atoms with E-state index in [0.717, 1.165) is 23.3 Å². The van der Waals surface area contributed by atoms with Crippen LogP contribution in [-0.4, -0.2) is 59.6 Å². The lowest BCUT2D eigenvalue weighted by Gasteiger charge is -2.35. The zero-order valence-electron chi connectivity index (χ0n) is 18.2. The van der Waals surface area contributed by atoms with Crippen molar-refractivity contribution in [2.75, 3.05) is 38.3 Å². The highest BCUT2D eigenvalue weighted by Gasteiger charge is 2.25. The number of hydrogen-bond donors (Lipinski definition) is 0. The predicted octanol–water partition coefficient (Wildman–Crippen LogP) is 3.32. The van der Waals surface area contributed by atoms with Gasteiger partial charge in [0.2, 0.25) is 5.91 Å². The number of piperidine rings is 1. The van der Waals surface area contributed by atoms with E-state index in [1.807, 2.05) is 9.47 Å². The molecule has 2 amide bonds. The van der Waals surface area contributed by atoms with Crippen LogP contribution in [0.5, 0.6) is 0 Å². The molecule has 3 rings (SSSR count). The van der Waals surface area contributed by atoms with Gasteiger partial charge < -0.3 is 14.2 Å². The van der Waals surface area contributed by atoms with Gasteiger partial charge in [0, 0.05) is 26.7 Å². The number of fused-ring (bicyclic) bond motifs is 1. The third-order valence-electron chi connectivity index (χ3n) is 5.25. The predicted molar refractivity (Wildman–Crippen MR) is 124 cm³/mol. The highest BCUT2D eigenvalue weighted by molar-refractivity contribution is 8.00. The molecule has 1 aromatic carbocycles. The molecule has 1 fully saturated rings. The van der Waals surface area contributed by atoms with Crippen molar-refractivity contribution in [1.82, 2.24) is 9.47 Å². The molecule has 0 spiro atoms. The summed E-state index contributed by atoms with van der Waals surface area (Å²) in [5.74, 6) is 1.54. The first-order chi connectivity index (χ1) is 14.4. The van der Waals surface area contributed by atoms with Gasteiger partial charge in [-0.15, -0.1) is 11.8 Å². The van der Waals surface area contributed by atoms with E-state index in [0.29, 0.717) is 35.5 Å². The average Bonchev–Trinajstić information content (AvgIpc) is 3.01. The molecule has 0 bridgehead atoms. The molecule has 1 aromatic heterocycles. The Morgan fingerprint density at radius 3 is 2.67 bits per heavy atom. The number of ether oxygens (including phenoxy) is 1. The number of nitrogens with zero attached hydrogens (tertiary/aromatic N) is 3. The van der Waals surface area contributed by atoms with Crippen LogP contribution in [0.25, 0.3) is 10.2 Å². The van der Waals surface area contributed by atoms with Gasteiger partial charge in [-0.1, -0.05) is 31.3 Å². The van der Waals surface area contributed by atoms with Crippen LogP contribution in [0.2, 0.25) is 0 Å². The molecule has 30 heavy (non-hydrogen) atoms. The summed E-state index contributed by atoms with van der Waals surface area (Å²) >= 11 is 2.87. The van der Waals surface area contributed by atoms with Gasteiger partial charge in [-0.25, -0.2) is 0 Å². The van der Waals surface area contributed by atoms with E-state index in [1.54, 1.807) is 7.11 Å². The topological polar surface area (TPSA) is 63.9 Å². The van der Waals surface area contributed by atoms with Crippen molar-refractivity contribution in [3.63, 3.8) is 0 Å². The number of carbonyl (C=O) groups is 2. The fourth-order valence-electron chi connectivity index (χ4n) is 3.99. The molecule has 6 nitrogen and oxygen atoms in total. The zero-order valence-corrected chi connectivity index (χ0v) is 19.9. The Hall–Kier alpha value is -1.64. The van der Waals surface area contributed by atoms with Crippen LogP contribution in [0.1, 0.15) is 25.8 Å². The SMILES string of the molecule is COCCn1c(=NC(=O)CSCC(=O)N2CC(C)CC(C)C2)sc2cc(C)ccc21. The van der Waals surface area contributed by atoms with Gasteiger partial charge in [0.05, 0.1) is 28.3 Å². The van der Waals surface area contributed by atoms with Gasteiger partial charge >= 0.3 is 0 Å². The number of likely N-dealkylation sites (tertiary alicyclic amines) is 1. The van der Waals surface area contributed by atoms with Crippen LogP contribution in [0.4, 0.5) is 0 Å². The molecule has 0 radical (unpaired) electrons. The summed E-state index contributed by atoms with van der Waals surface area (Å²) < 4.78 is 8.36. The number of thioether (sulfide) groups is 1. The number of methoxy groups -OCH3 is 1. The van der Waals surface area contributed by atoms with Crippen molar-refractivity contribution < 1.29 is 14.3 Å². The first-order valence-corrected chi connectivity index (χ1v) is 12.4. The highest BCUT2D eigenvalue weighted by atomic mass is 32.2. The lowest BCUT2D eigenvalue weighted by Crippen LogP contribution is -2.43. The molecule has 8 heteroatoms. The fraction of sp³-hybridized carbons (Fsp3) is 0.591. The van der Waals surface area contributed by atoms with Crippen LogP contribution >= 0.6 is 23.1 Å². The summed E-state index contributed by atoms with van der Waals surface area (Å²) in [7, 11) is 1.67. The van der Waals surface area contributed by atoms with E-state index in [9.17, 15) is 9.59 Å². The molecule has 2 aromatic rings. The summed E-state index contributed by atoms with van der Waals surface area (Å²) in [6.45, 7) is 9.27. The molecule has 0 saturated carbocycles. The number of carbonyl (C=O) groups excluding carboxylic acids is 2. The average molecular weight is 450 g/mol.